The van der Waals surface area contributed by atoms with Crippen LogP contribution in [-0.4, -0.2) is 11.9 Å². The normalized spacial score (nSPS) is 10.1. The largest absolute Gasteiger partial charge is 0.351 e. The first-order chi connectivity index (χ1) is 12.1. The molecule has 0 spiro atoms. The van der Waals surface area contributed by atoms with Gasteiger partial charge < -0.3 is 16.4 Å². The van der Waals surface area contributed by atoms with E-state index in [-0.39, 0.29) is 5.91 Å². The van der Waals surface area contributed by atoms with Crippen LogP contribution in [0, 0.1) is 0 Å². The predicted octanol–water partition coefficient (Wildman–Crippen LogP) is 4.10. The molecular formula is C20H17N3O2. The van der Waals surface area contributed by atoms with Crippen LogP contribution < -0.4 is 16.4 Å². The zero-order chi connectivity index (χ0) is 17.6. The average Bonchev–Trinajstić information content (AvgIpc) is 2.62. The Hall–Kier alpha value is -3.60. The molecule has 3 amide bonds. The van der Waals surface area contributed by atoms with E-state index in [2.05, 4.69) is 10.6 Å². The van der Waals surface area contributed by atoms with Crippen molar-refractivity contribution >= 4 is 23.3 Å². The fourth-order valence-corrected chi connectivity index (χ4v) is 2.46. The Morgan fingerprint density at radius 3 is 1.92 bits per heavy atom. The molecule has 4 N–H and O–H groups in total. The number of primary amides is 1. The molecule has 0 aromatic heterocycles. The minimum absolute atomic E-state index is 0.226. The van der Waals surface area contributed by atoms with Crippen LogP contribution in [0.4, 0.5) is 16.2 Å². The van der Waals surface area contributed by atoms with Crippen molar-refractivity contribution in [3.63, 3.8) is 0 Å². The van der Waals surface area contributed by atoms with Crippen molar-refractivity contribution in [3.05, 3.63) is 84.4 Å². The van der Waals surface area contributed by atoms with E-state index in [0.29, 0.717) is 16.9 Å². The Labute approximate surface area is 145 Å². The van der Waals surface area contributed by atoms with Gasteiger partial charge in [-0.15, -0.1) is 0 Å². The highest BCUT2D eigenvalue weighted by Crippen LogP contribution is 2.20. The van der Waals surface area contributed by atoms with Gasteiger partial charge in [-0.3, -0.25) is 4.79 Å². The third kappa shape index (κ3) is 4.23. The molecule has 124 valence electrons. The third-order valence-electron chi connectivity index (χ3n) is 3.64. The van der Waals surface area contributed by atoms with Gasteiger partial charge in [-0.2, -0.15) is 0 Å². The second-order valence-electron chi connectivity index (χ2n) is 5.47. The SMILES string of the molecule is NC(=O)Nc1cccc(NC(=O)c2ccc(-c3ccccc3)cc2)c1. The molecule has 5 heteroatoms. The van der Waals surface area contributed by atoms with E-state index in [1.54, 1.807) is 36.4 Å². The topological polar surface area (TPSA) is 84.2 Å². The molecule has 3 aromatic rings. The Kier molecular flexibility index (Phi) is 4.76. The fraction of sp³-hybridized carbons (Fsp3) is 0. The van der Waals surface area contributed by atoms with Crippen molar-refractivity contribution in [3.8, 4) is 11.1 Å². The van der Waals surface area contributed by atoms with Gasteiger partial charge in [-0.1, -0.05) is 48.5 Å². The highest BCUT2D eigenvalue weighted by Gasteiger charge is 2.07. The van der Waals surface area contributed by atoms with Crippen LogP contribution in [0.3, 0.4) is 0 Å². The van der Waals surface area contributed by atoms with Crippen molar-refractivity contribution in [2.45, 2.75) is 0 Å². The Balaban J connectivity index is 1.72. The summed E-state index contributed by atoms with van der Waals surface area (Å²) in [6.07, 6.45) is 0. The summed E-state index contributed by atoms with van der Waals surface area (Å²) < 4.78 is 0. The highest BCUT2D eigenvalue weighted by atomic mass is 16.2. The number of carbonyl (C=O) groups excluding carboxylic acids is 2. The van der Waals surface area contributed by atoms with E-state index in [9.17, 15) is 9.59 Å². The van der Waals surface area contributed by atoms with Crippen molar-refractivity contribution in [2.75, 3.05) is 10.6 Å². The van der Waals surface area contributed by atoms with Gasteiger partial charge in [0, 0.05) is 16.9 Å². The predicted molar refractivity (Wildman–Crippen MR) is 99.5 cm³/mol. The van der Waals surface area contributed by atoms with Crippen LogP contribution in [0.1, 0.15) is 10.4 Å². The van der Waals surface area contributed by atoms with Gasteiger partial charge in [0.15, 0.2) is 0 Å². The molecule has 0 heterocycles. The van der Waals surface area contributed by atoms with Crippen molar-refractivity contribution in [2.24, 2.45) is 5.73 Å². The summed E-state index contributed by atoms with van der Waals surface area (Å²) in [5.74, 6) is -0.226. The first-order valence-corrected chi connectivity index (χ1v) is 7.75. The molecule has 0 unspecified atom stereocenters. The lowest BCUT2D eigenvalue weighted by molar-refractivity contribution is 0.102. The lowest BCUT2D eigenvalue weighted by Gasteiger charge is -2.08. The monoisotopic (exact) mass is 331 g/mol. The first kappa shape index (κ1) is 16.3. The molecule has 0 radical (unpaired) electrons. The maximum absolute atomic E-state index is 12.4. The van der Waals surface area contributed by atoms with Crippen LogP contribution in [0.25, 0.3) is 11.1 Å². The summed E-state index contributed by atoms with van der Waals surface area (Å²) in [5, 5.41) is 5.27. The van der Waals surface area contributed by atoms with Gasteiger partial charge in [0.2, 0.25) is 0 Å². The Bertz CT molecular complexity index is 890. The molecule has 5 nitrogen and oxygen atoms in total. The van der Waals surface area contributed by atoms with Crippen LogP contribution in [-0.2, 0) is 0 Å². The number of urea groups is 1. The number of hydrogen-bond donors (Lipinski definition) is 3. The lowest BCUT2D eigenvalue weighted by Crippen LogP contribution is -2.19. The van der Waals surface area contributed by atoms with Gasteiger partial charge in [0.25, 0.3) is 5.91 Å². The second-order valence-corrected chi connectivity index (χ2v) is 5.47. The lowest BCUT2D eigenvalue weighted by atomic mass is 10.0. The number of benzene rings is 3. The van der Waals surface area contributed by atoms with Crippen LogP contribution in [0.2, 0.25) is 0 Å². The van der Waals surface area contributed by atoms with E-state index in [0.717, 1.165) is 11.1 Å². The molecule has 0 aliphatic rings. The standard InChI is InChI=1S/C20H17N3O2/c21-20(25)23-18-8-4-7-17(13-18)22-19(24)16-11-9-15(10-12-16)14-5-2-1-3-6-14/h1-13H,(H,22,24)(H3,21,23,25). The zero-order valence-electron chi connectivity index (χ0n) is 13.4. The summed E-state index contributed by atoms with van der Waals surface area (Å²) in [7, 11) is 0. The second kappa shape index (κ2) is 7.31. The number of hydrogen-bond acceptors (Lipinski definition) is 2. The number of anilines is 2. The van der Waals surface area contributed by atoms with Crippen LogP contribution >= 0.6 is 0 Å². The van der Waals surface area contributed by atoms with E-state index in [4.69, 9.17) is 5.73 Å². The quantitative estimate of drug-likeness (QED) is 0.672. The molecule has 25 heavy (non-hydrogen) atoms. The number of rotatable bonds is 4. The fourth-order valence-electron chi connectivity index (χ4n) is 2.46. The van der Waals surface area contributed by atoms with Crippen molar-refractivity contribution in [1.82, 2.24) is 0 Å². The highest BCUT2D eigenvalue weighted by molar-refractivity contribution is 6.04. The average molecular weight is 331 g/mol. The van der Waals surface area contributed by atoms with Crippen molar-refractivity contribution in [1.29, 1.82) is 0 Å². The Morgan fingerprint density at radius 2 is 1.28 bits per heavy atom. The number of nitrogens with one attached hydrogen (secondary N) is 2. The van der Waals surface area contributed by atoms with Crippen LogP contribution in [0.15, 0.2) is 78.9 Å². The minimum atomic E-state index is -0.653. The summed E-state index contributed by atoms with van der Waals surface area (Å²) in [5.41, 5.74) is 8.87. The summed E-state index contributed by atoms with van der Waals surface area (Å²) >= 11 is 0. The van der Waals surface area contributed by atoms with E-state index >= 15 is 0 Å². The molecule has 3 rings (SSSR count). The maximum Gasteiger partial charge on any atom is 0.316 e. The first-order valence-electron chi connectivity index (χ1n) is 7.75. The molecular weight excluding hydrogens is 314 g/mol. The molecule has 0 aliphatic heterocycles. The summed E-state index contributed by atoms with van der Waals surface area (Å²) in [6.45, 7) is 0. The minimum Gasteiger partial charge on any atom is -0.351 e. The molecule has 0 bridgehead atoms. The van der Waals surface area contributed by atoms with E-state index in [1.165, 1.54) is 0 Å². The van der Waals surface area contributed by atoms with Crippen molar-refractivity contribution < 1.29 is 9.59 Å². The van der Waals surface area contributed by atoms with Gasteiger partial charge in [-0.05, 0) is 41.5 Å². The van der Waals surface area contributed by atoms with E-state index in [1.807, 2.05) is 42.5 Å². The molecule has 0 saturated heterocycles. The molecule has 0 saturated carbocycles. The summed E-state index contributed by atoms with van der Waals surface area (Å²) in [6, 6.07) is 23.5. The zero-order valence-corrected chi connectivity index (χ0v) is 13.4. The van der Waals surface area contributed by atoms with Gasteiger partial charge in [-0.25, -0.2) is 4.79 Å². The van der Waals surface area contributed by atoms with Gasteiger partial charge >= 0.3 is 6.03 Å². The molecule has 0 fully saturated rings. The molecule has 0 aliphatic carbocycles. The Morgan fingerprint density at radius 1 is 0.680 bits per heavy atom. The third-order valence-corrected chi connectivity index (χ3v) is 3.64. The van der Waals surface area contributed by atoms with Gasteiger partial charge in [0.05, 0.1) is 0 Å². The van der Waals surface area contributed by atoms with Gasteiger partial charge in [0.1, 0.15) is 0 Å². The molecule has 0 atom stereocenters. The number of carbonyl (C=O) groups is 2. The summed E-state index contributed by atoms with van der Waals surface area (Å²) in [4.78, 5) is 23.3. The van der Waals surface area contributed by atoms with Crippen LogP contribution in [0.5, 0.6) is 0 Å². The number of amides is 3. The molecule has 3 aromatic carbocycles. The maximum atomic E-state index is 12.4. The smallest absolute Gasteiger partial charge is 0.316 e. The number of nitrogens with two attached hydrogens (primary N) is 1. The van der Waals surface area contributed by atoms with E-state index < -0.39 is 6.03 Å².